The van der Waals surface area contributed by atoms with Crippen molar-refractivity contribution in [1.82, 2.24) is 14.5 Å². The molecule has 2 N–H and O–H groups in total. The van der Waals surface area contributed by atoms with Gasteiger partial charge in [-0.05, 0) is 108 Å². The summed E-state index contributed by atoms with van der Waals surface area (Å²) in [5.41, 5.74) is 1.18. The van der Waals surface area contributed by atoms with Gasteiger partial charge >= 0.3 is 0 Å². The minimum absolute atomic E-state index is 0.0596. The van der Waals surface area contributed by atoms with Gasteiger partial charge < -0.3 is 29.1 Å². The highest BCUT2D eigenvalue weighted by Crippen LogP contribution is 2.48. The number of fused-ring (bicyclic) bond motifs is 4. The second-order valence-electron chi connectivity index (χ2n) is 17.4. The van der Waals surface area contributed by atoms with Crippen molar-refractivity contribution in [2.24, 2.45) is 11.8 Å². The van der Waals surface area contributed by atoms with Gasteiger partial charge in [-0.1, -0.05) is 35.9 Å². The van der Waals surface area contributed by atoms with E-state index in [2.05, 4.69) is 38.8 Å². The number of carbonyl (C=O) groups is 2. The average molecular weight is 797 g/mol. The van der Waals surface area contributed by atoms with E-state index in [9.17, 15) is 18.9 Å². The van der Waals surface area contributed by atoms with E-state index < -0.39 is 34.0 Å². The normalized spacial score (nSPS) is 31.5. The maximum absolute atomic E-state index is 13.9. The maximum atomic E-state index is 13.9. The fourth-order valence-corrected chi connectivity index (χ4v) is 10.6. The van der Waals surface area contributed by atoms with Crippen LogP contribution in [0.1, 0.15) is 61.6 Å². The molecule has 2 bridgehead atoms. The molecule has 4 heterocycles. The Labute approximate surface area is 331 Å². The molecule has 4 aliphatic heterocycles. The molecule has 13 heteroatoms. The third-order valence-corrected chi connectivity index (χ3v) is 14.3. The van der Waals surface area contributed by atoms with Crippen LogP contribution in [-0.4, -0.2) is 121 Å². The van der Waals surface area contributed by atoms with E-state index in [4.69, 9.17) is 25.8 Å². The molecular weight excluding hydrogens is 740 g/mol. The quantitative estimate of drug-likeness (QED) is 0.295. The largest absolute Gasteiger partial charge is 0.490 e. The van der Waals surface area contributed by atoms with Crippen molar-refractivity contribution < 1.29 is 33.1 Å². The molecule has 5 atom stereocenters. The summed E-state index contributed by atoms with van der Waals surface area (Å²) in [6.45, 7) is 6.54. The third-order valence-electron chi connectivity index (χ3n) is 13.3. The highest BCUT2D eigenvalue weighted by molar-refractivity contribution is 8.00. The number of ether oxygens (including phenoxy) is 3. The van der Waals surface area contributed by atoms with Crippen molar-refractivity contribution in [3.63, 3.8) is 0 Å². The number of likely N-dealkylation sites (tertiary alicyclic amines) is 1. The molecule has 2 aliphatic carbocycles. The molecule has 2 saturated heterocycles. The number of amides is 2. The van der Waals surface area contributed by atoms with Gasteiger partial charge in [0.2, 0.25) is 5.91 Å². The molecule has 55 heavy (non-hydrogen) atoms. The van der Waals surface area contributed by atoms with Gasteiger partial charge in [0.05, 0.1) is 50.2 Å². The summed E-state index contributed by atoms with van der Waals surface area (Å²) in [5.74, 6) is 0.0475. The lowest BCUT2D eigenvalue weighted by Crippen LogP contribution is -2.71. The van der Waals surface area contributed by atoms with E-state index in [1.54, 1.807) is 18.0 Å². The molecule has 11 nitrogen and oxygen atoms in total. The summed E-state index contributed by atoms with van der Waals surface area (Å²) in [5, 5.41) is 13.1. The smallest absolute Gasteiger partial charge is 0.267 e. The summed E-state index contributed by atoms with van der Waals surface area (Å²) in [4.78, 5) is 34.2. The first-order valence-electron chi connectivity index (χ1n) is 20.0. The zero-order valence-corrected chi connectivity index (χ0v) is 34.1. The van der Waals surface area contributed by atoms with Crippen molar-refractivity contribution in [3.8, 4) is 5.75 Å². The van der Waals surface area contributed by atoms with Gasteiger partial charge in [0.25, 0.3) is 5.91 Å². The summed E-state index contributed by atoms with van der Waals surface area (Å²) in [6, 6.07) is 11.5. The number of nitrogens with one attached hydrogen (secondary N) is 1. The van der Waals surface area contributed by atoms with Gasteiger partial charge in [-0.15, -0.1) is 0 Å². The molecule has 2 spiro atoms. The number of benzene rings is 2. The second kappa shape index (κ2) is 15.1. The molecule has 0 aromatic heterocycles. The van der Waals surface area contributed by atoms with Gasteiger partial charge in [0, 0.05) is 62.7 Å². The van der Waals surface area contributed by atoms with Crippen molar-refractivity contribution in [1.29, 1.82) is 0 Å². The Morgan fingerprint density at radius 2 is 1.95 bits per heavy atom. The van der Waals surface area contributed by atoms with Crippen molar-refractivity contribution in [2.75, 3.05) is 83.6 Å². The lowest BCUT2D eigenvalue weighted by atomic mass is 9.68. The fourth-order valence-electron chi connectivity index (χ4n) is 9.76. The first-order valence-corrected chi connectivity index (χ1v) is 23.0. The van der Waals surface area contributed by atoms with Gasteiger partial charge in [-0.2, -0.15) is 0 Å². The fraction of sp³-hybridized carbons (Fsp3) is 0.619. The number of carbonyl (C=O) groups excluding carboxylic acids is 2. The van der Waals surface area contributed by atoms with Crippen LogP contribution in [-0.2, 0) is 46.6 Å². The van der Waals surface area contributed by atoms with Crippen LogP contribution in [0.4, 0.5) is 5.69 Å². The van der Waals surface area contributed by atoms with E-state index in [0.717, 1.165) is 75.7 Å². The first-order chi connectivity index (χ1) is 26.3. The number of rotatable bonds is 6. The zero-order chi connectivity index (χ0) is 38.6. The Balaban J connectivity index is 1.16. The molecule has 300 valence electrons. The lowest BCUT2D eigenvalue weighted by molar-refractivity contribution is -0.197. The summed E-state index contributed by atoms with van der Waals surface area (Å²) in [6.07, 6.45) is 13.4. The van der Waals surface area contributed by atoms with Crippen LogP contribution < -0.4 is 14.4 Å². The second-order valence-corrected chi connectivity index (χ2v) is 20.8. The lowest BCUT2D eigenvalue weighted by Gasteiger charge is -2.57. The highest BCUT2D eigenvalue weighted by Gasteiger charge is 2.51. The Morgan fingerprint density at radius 3 is 2.65 bits per heavy atom. The number of aryl methyl sites for hydroxylation is 1. The molecule has 2 amide bonds. The van der Waals surface area contributed by atoms with E-state index in [-0.39, 0.29) is 22.6 Å². The van der Waals surface area contributed by atoms with Gasteiger partial charge in [0.15, 0.2) is 5.60 Å². The Morgan fingerprint density at radius 1 is 1.11 bits per heavy atom. The predicted molar refractivity (Wildman–Crippen MR) is 215 cm³/mol. The van der Waals surface area contributed by atoms with Crippen LogP contribution in [0, 0.1) is 11.8 Å². The summed E-state index contributed by atoms with van der Waals surface area (Å²) < 4.78 is 34.5. The monoisotopic (exact) mass is 796 g/mol. The molecule has 8 rings (SSSR count). The molecule has 0 unspecified atom stereocenters. The number of aliphatic hydroxyl groups is 1. The SMILES string of the molecule is CN1CC/C=C/[C@H](OCCN2CCC23COC3)[C@@H]2CC[C@H]2CN2C[C@@]3(CCCc4cc(Cl)ccc43)COc3ccc(cc32)[C@@](O)(C(=O)N[SH](C)(C)=O)CC1=O. The minimum atomic E-state index is -3.12. The van der Waals surface area contributed by atoms with E-state index in [1.165, 1.54) is 30.1 Å². The molecule has 6 aliphatic rings. The van der Waals surface area contributed by atoms with E-state index in [0.29, 0.717) is 50.3 Å². The topological polar surface area (TPSA) is 121 Å². The number of halogens is 1. The van der Waals surface area contributed by atoms with Crippen molar-refractivity contribution >= 4 is 39.2 Å². The Bertz CT molecular complexity index is 1880. The molecule has 0 radical (unpaired) electrons. The van der Waals surface area contributed by atoms with Crippen LogP contribution in [0.25, 0.3) is 0 Å². The maximum Gasteiger partial charge on any atom is 0.267 e. The third kappa shape index (κ3) is 7.59. The molecule has 2 aromatic rings. The van der Waals surface area contributed by atoms with E-state index in [1.807, 2.05) is 18.2 Å². The highest BCUT2D eigenvalue weighted by atomic mass is 35.5. The van der Waals surface area contributed by atoms with E-state index >= 15 is 0 Å². The van der Waals surface area contributed by atoms with Crippen LogP contribution in [0.15, 0.2) is 48.6 Å². The molecule has 3 fully saturated rings. The first kappa shape index (κ1) is 38.9. The van der Waals surface area contributed by atoms with Crippen LogP contribution in [0.5, 0.6) is 5.75 Å². The number of hydrogen-bond donors (Lipinski definition) is 3. The van der Waals surface area contributed by atoms with Crippen LogP contribution in [0.2, 0.25) is 5.02 Å². The molecule has 1 saturated carbocycles. The number of nitrogens with zero attached hydrogens (tertiary/aromatic N) is 3. The number of anilines is 1. The van der Waals surface area contributed by atoms with Gasteiger partial charge in [-0.25, -0.2) is 0 Å². The molecule has 2 aromatic carbocycles. The minimum Gasteiger partial charge on any atom is -0.490 e. The standard InChI is InChI=1S/C42H57ClN4O7S/c1-45-17-5-4-8-36(53-20-19-47-18-16-41(47)27-52-28-41)33-12-9-30(33)24-46-25-40(15-6-7-29-21-32(43)11-13-34(29)40)26-54-37-14-10-31(22-35(37)46)42(50,23-38(45)48)39(49)44-55(2,3)51/h4,8,10-11,13-14,21-22,30,33,36,50,55H,5-7,9,12,15-20,23-28H2,1-3H3,(H,44,49,51)/b8-4+/t30-,33+,36-,40-,42+/m0/s1. The molecular formula is C42H57ClN4O7S. The van der Waals surface area contributed by atoms with Crippen molar-refractivity contribution in [3.05, 3.63) is 70.3 Å². The number of hydrogen-bond acceptors (Lipinski definition) is 9. The Hall–Kier alpha value is -3.00. The number of thiol groups is 1. The van der Waals surface area contributed by atoms with Crippen LogP contribution in [0.3, 0.4) is 0 Å². The summed E-state index contributed by atoms with van der Waals surface area (Å²) in [7, 11) is -1.43. The van der Waals surface area contributed by atoms with Gasteiger partial charge in [0.1, 0.15) is 5.75 Å². The average Bonchev–Trinajstić information content (AvgIpc) is 3.24. The summed E-state index contributed by atoms with van der Waals surface area (Å²) >= 11 is 6.51. The van der Waals surface area contributed by atoms with Crippen LogP contribution >= 0.6 is 11.6 Å². The zero-order valence-electron chi connectivity index (χ0n) is 32.4. The predicted octanol–water partition coefficient (Wildman–Crippen LogP) is 4.00. The van der Waals surface area contributed by atoms with Gasteiger partial charge in [-0.3, -0.25) is 23.4 Å². The Kier molecular flexibility index (Phi) is 10.6. The van der Waals surface area contributed by atoms with Crippen molar-refractivity contribution in [2.45, 2.75) is 74.0 Å².